The molecule has 1 aliphatic rings. The van der Waals surface area contributed by atoms with Crippen LogP contribution in [0.4, 0.5) is 5.69 Å². The Kier molecular flexibility index (Phi) is 3.28. The third kappa shape index (κ3) is 2.44. The number of tetrazole rings is 1. The number of hydrogen-bond donors (Lipinski definition) is 0. The van der Waals surface area contributed by atoms with E-state index in [0.717, 1.165) is 25.7 Å². The van der Waals surface area contributed by atoms with Crippen LogP contribution < -0.4 is 4.74 Å². The quantitative estimate of drug-likeness (QED) is 0.624. The van der Waals surface area contributed by atoms with E-state index in [9.17, 15) is 10.1 Å². The number of ether oxygens (including phenoxy) is 1. The summed E-state index contributed by atoms with van der Waals surface area (Å²) in [5.41, 5.74) is 0.463. The second-order valence-electron chi connectivity index (χ2n) is 4.69. The van der Waals surface area contributed by atoms with E-state index in [2.05, 4.69) is 15.5 Å². The summed E-state index contributed by atoms with van der Waals surface area (Å²) in [6.45, 7) is 0. The summed E-state index contributed by atoms with van der Waals surface area (Å²) in [5.74, 6) is 0.304. The van der Waals surface area contributed by atoms with Gasteiger partial charge in [-0.15, -0.1) is 5.10 Å². The van der Waals surface area contributed by atoms with Crippen LogP contribution in [0.15, 0.2) is 24.5 Å². The molecule has 0 radical (unpaired) electrons. The standard InChI is InChI=1S/C12H13N5O3/c18-17(19)11-7-9(16-8-13-14-15-16)5-6-12(11)20-10-3-1-2-4-10/h5-8,10H,1-4H2. The van der Waals surface area contributed by atoms with E-state index < -0.39 is 4.92 Å². The van der Waals surface area contributed by atoms with E-state index in [1.807, 2.05) is 0 Å². The average molecular weight is 275 g/mol. The van der Waals surface area contributed by atoms with Crippen LogP contribution >= 0.6 is 0 Å². The third-order valence-electron chi connectivity index (χ3n) is 3.35. The van der Waals surface area contributed by atoms with Crippen molar-refractivity contribution in [3.05, 3.63) is 34.6 Å². The second-order valence-corrected chi connectivity index (χ2v) is 4.69. The number of rotatable bonds is 4. The van der Waals surface area contributed by atoms with Crippen molar-refractivity contribution >= 4 is 5.69 Å². The maximum atomic E-state index is 11.2. The van der Waals surface area contributed by atoms with Gasteiger partial charge in [0.05, 0.1) is 16.7 Å². The van der Waals surface area contributed by atoms with Gasteiger partial charge in [0.1, 0.15) is 6.33 Å². The van der Waals surface area contributed by atoms with Gasteiger partial charge in [0.25, 0.3) is 0 Å². The molecule has 8 nitrogen and oxygen atoms in total. The van der Waals surface area contributed by atoms with Crippen molar-refractivity contribution in [3.8, 4) is 11.4 Å². The van der Waals surface area contributed by atoms with Gasteiger partial charge in [-0.2, -0.15) is 0 Å². The lowest BCUT2D eigenvalue weighted by Crippen LogP contribution is -2.12. The summed E-state index contributed by atoms with van der Waals surface area (Å²) in [5, 5.41) is 21.9. The van der Waals surface area contributed by atoms with E-state index in [0.29, 0.717) is 11.4 Å². The lowest BCUT2D eigenvalue weighted by Gasteiger charge is -2.13. The van der Waals surface area contributed by atoms with Gasteiger partial charge in [-0.1, -0.05) is 0 Å². The van der Waals surface area contributed by atoms with E-state index in [-0.39, 0.29) is 11.8 Å². The zero-order valence-electron chi connectivity index (χ0n) is 10.7. The van der Waals surface area contributed by atoms with Crippen molar-refractivity contribution in [2.75, 3.05) is 0 Å². The first kappa shape index (κ1) is 12.5. The van der Waals surface area contributed by atoms with Crippen LogP contribution in [0.5, 0.6) is 5.75 Å². The van der Waals surface area contributed by atoms with Gasteiger partial charge in [0.2, 0.25) is 0 Å². The van der Waals surface area contributed by atoms with Crippen LogP contribution in [0.1, 0.15) is 25.7 Å². The Morgan fingerprint density at radius 3 is 2.80 bits per heavy atom. The summed E-state index contributed by atoms with van der Waals surface area (Å²) in [4.78, 5) is 10.7. The molecule has 1 saturated carbocycles. The fourth-order valence-corrected chi connectivity index (χ4v) is 2.36. The smallest absolute Gasteiger partial charge is 0.313 e. The molecular formula is C12H13N5O3. The van der Waals surface area contributed by atoms with Crippen LogP contribution in [0.25, 0.3) is 5.69 Å². The zero-order chi connectivity index (χ0) is 13.9. The predicted molar refractivity (Wildman–Crippen MR) is 68.7 cm³/mol. The highest BCUT2D eigenvalue weighted by Crippen LogP contribution is 2.32. The summed E-state index contributed by atoms with van der Waals surface area (Å²) >= 11 is 0. The van der Waals surface area contributed by atoms with Gasteiger partial charge in [0, 0.05) is 6.07 Å². The number of nitrogens with zero attached hydrogens (tertiary/aromatic N) is 5. The first-order valence-electron chi connectivity index (χ1n) is 6.42. The Morgan fingerprint density at radius 1 is 1.35 bits per heavy atom. The molecule has 0 saturated heterocycles. The number of benzene rings is 1. The number of hydrogen-bond acceptors (Lipinski definition) is 6. The van der Waals surface area contributed by atoms with E-state index in [4.69, 9.17) is 4.74 Å². The van der Waals surface area contributed by atoms with Crippen molar-refractivity contribution in [3.63, 3.8) is 0 Å². The van der Waals surface area contributed by atoms with Gasteiger partial charge in [-0.3, -0.25) is 10.1 Å². The molecule has 20 heavy (non-hydrogen) atoms. The maximum absolute atomic E-state index is 11.2. The average Bonchev–Trinajstić information content (AvgIpc) is 3.11. The highest BCUT2D eigenvalue weighted by atomic mass is 16.6. The van der Waals surface area contributed by atoms with Crippen LogP contribution in [0, 0.1) is 10.1 Å². The first-order chi connectivity index (χ1) is 9.74. The lowest BCUT2D eigenvalue weighted by molar-refractivity contribution is -0.386. The van der Waals surface area contributed by atoms with Crippen molar-refractivity contribution in [2.45, 2.75) is 31.8 Å². The monoisotopic (exact) mass is 275 g/mol. The van der Waals surface area contributed by atoms with Crippen molar-refractivity contribution in [1.29, 1.82) is 0 Å². The normalized spacial score (nSPS) is 15.4. The predicted octanol–water partition coefficient (Wildman–Crippen LogP) is 1.89. The molecule has 1 aromatic heterocycles. The minimum absolute atomic E-state index is 0.0649. The molecule has 0 amide bonds. The molecule has 1 aromatic carbocycles. The van der Waals surface area contributed by atoms with Gasteiger partial charge in [-0.05, 0) is 48.2 Å². The Balaban J connectivity index is 1.91. The Hall–Kier alpha value is -2.51. The number of aromatic nitrogens is 4. The molecule has 0 atom stereocenters. The van der Waals surface area contributed by atoms with Gasteiger partial charge >= 0.3 is 5.69 Å². The maximum Gasteiger partial charge on any atom is 0.313 e. The Labute approximate surface area is 114 Å². The van der Waals surface area contributed by atoms with Crippen LogP contribution in [0.3, 0.4) is 0 Å². The van der Waals surface area contributed by atoms with E-state index >= 15 is 0 Å². The molecule has 1 heterocycles. The largest absolute Gasteiger partial charge is 0.484 e. The summed E-state index contributed by atoms with van der Waals surface area (Å²) < 4.78 is 7.10. The highest BCUT2D eigenvalue weighted by molar-refractivity contribution is 5.53. The minimum atomic E-state index is -0.446. The van der Waals surface area contributed by atoms with Crippen LogP contribution in [0.2, 0.25) is 0 Å². The van der Waals surface area contributed by atoms with Crippen molar-refractivity contribution in [1.82, 2.24) is 20.2 Å². The van der Waals surface area contributed by atoms with E-state index in [1.165, 1.54) is 17.1 Å². The molecule has 0 unspecified atom stereocenters. The van der Waals surface area contributed by atoms with Crippen molar-refractivity contribution < 1.29 is 9.66 Å². The van der Waals surface area contributed by atoms with Crippen LogP contribution in [-0.4, -0.2) is 31.2 Å². The molecule has 3 rings (SSSR count). The molecule has 8 heteroatoms. The van der Waals surface area contributed by atoms with Gasteiger partial charge in [0.15, 0.2) is 5.75 Å². The lowest BCUT2D eigenvalue weighted by atomic mass is 10.2. The summed E-state index contributed by atoms with van der Waals surface area (Å²) in [6, 6.07) is 4.72. The number of nitro benzene ring substituents is 1. The minimum Gasteiger partial charge on any atom is -0.484 e. The molecule has 104 valence electrons. The van der Waals surface area contributed by atoms with E-state index in [1.54, 1.807) is 12.1 Å². The molecule has 0 aliphatic heterocycles. The number of nitro groups is 1. The molecule has 0 bridgehead atoms. The fraction of sp³-hybridized carbons (Fsp3) is 0.417. The Bertz CT molecular complexity index is 608. The first-order valence-corrected chi connectivity index (χ1v) is 6.42. The third-order valence-corrected chi connectivity index (χ3v) is 3.35. The fourth-order valence-electron chi connectivity index (χ4n) is 2.36. The van der Waals surface area contributed by atoms with Gasteiger partial charge < -0.3 is 4.74 Å². The second kappa shape index (κ2) is 5.24. The summed E-state index contributed by atoms with van der Waals surface area (Å²) in [6.07, 6.45) is 5.59. The topological polar surface area (TPSA) is 96.0 Å². The SMILES string of the molecule is O=[N+]([O-])c1cc(-n2cnnn2)ccc1OC1CCCC1. The van der Waals surface area contributed by atoms with Crippen molar-refractivity contribution in [2.24, 2.45) is 0 Å². The summed E-state index contributed by atoms with van der Waals surface area (Å²) in [7, 11) is 0. The molecule has 1 fully saturated rings. The zero-order valence-corrected chi connectivity index (χ0v) is 10.7. The Morgan fingerprint density at radius 2 is 2.15 bits per heavy atom. The highest BCUT2D eigenvalue weighted by Gasteiger charge is 2.22. The van der Waals surface area contributed by atoms with Crippen LogP contribution in [-0.2, 0) is 0 Å². The molecular weight excluding hydrogens is 262 g/mol. The molecule has 1 aliphatic carbocycles. The molecule has 2 aromatic rings. The molecule has 0 N–H and O–H groups in total. The molecule has 0 spiro atoms. The van der Waals surface area contributed by atoms with Gasteiger partial charge in [-0.25, -0.2) is 4.68 Å².